The Morgan fingerprint density at radius 3 is 1.64 bits per heavy atom. The van der Waals surface area contributed by atoms with Crippen molar-refractivity contribution in [1.29, 1.82) is 0 Å². The molecule has 0 aromatic heterocycles. The quantitative estimate of drug-likeness (QED) is 0.332. The maximum absolute atomic E-state index is 12.5. The van der Waals surface area contributed by atoms with Crippen LogP contribution in [0.1, 0.15) is 32.1 Å². The molecular weight excluding hydrogens is 402 g/mol. The minimum absolute atomic E-state index is 0.119. The van der Waals surface area contributed by atoms with Crippen LogP contribution in [0.4, 0.5) is 26.3 Å². The summed E-state index contributed by atoms with van der Waals surface area (Å²) in [6, 6.07) is 0. The second-order valence-electron chi connectivity index (χ2n) is 5.83. The molecule has 0 aliphatic carbocycles. The van der Waals surface area contributed by atoms with Gasteiger partial charge in [-0.1, -0.05) is 12.8 Å². The summed E-state index contributed by atoms with van der Waals surface area (Å²) >= 11 is 0. The van der Waals surface area contributed by atoms with Gasteiger partial charge in [0.05, 0.1) is 20.6 Å². The maximum atomic E-state index is 12.5. The number of quaternary nitrogens is 1. The van der Waals surface area contributed by atoms with E-state index in [-0.39, 0.29) is 19.4 Å². The maximum Gasteiger partial charge on any atom is 0.549 e. The van der Waals surface area contributed by atoms with Gasteiger partial charge in [0.25, 0.3) is 0 Å². The van der Waals surface area contributed by atoms with E-state index in [0.717, 1.165) is 14.1 Å². The lowest BCUT2D eigenvalue weighted by molar-refractivity contribution is -0.766. The first-order chi connectivity index (χ1) is 11.0. The summed E-state index contributed by atoms with van der Waals surface area (Å²) in [7, 11) is -8.87. The third-order valence-electron chi connectivity index (χ3n) is 3.41. The van der Waals surface area contributed by atoms with E-state index in [0.29, 0.717) is 19.3 Å². The summed E-state index contributed by atoms with van der Waals surface area (Å²) < 4.78 is 118. The van der Waals surface area contributed by atoms with Crippen LogP contribution in [-0.2, 0) is 20.0 Å². The SMILES string of the molecule is C[N+](C)(CCCCCCCNS(=O)(=O)C(F)(F)F)S(=O)(=O)C(F)(F)F. The average Bonchev–Trinajstić information content (AvgIpc) is 2.38. The molecule has 0 aromatic carbocycles. The molecule has 14 heteroatoms. The topological polar surface area (TPSA) is 80.3 Å². The Kier molecular flexibility index (Phi) is 8.19. The van der Waals surface area contributed by atoms with Gasteiger partial charge in [0.15, 0.2) is 0 Å². The molecule has 0 amide bonds. The van der Waals surface area contributed by atoms with Gasteiger partial charge in [0, 0.05) is 6.54 Å². The predicted octanol–water partition coefficient (Wildman–Crippen LogP) is 2.30. The first-order valence-corrected chi connectivity index (χ1v) is 10.1. The van der Waals surface area contributed by atoms with Crippen molar-refractivity contribution >= 4 is 20.0 Å². The zero-order valence-corrected chi connectivity index (χ0v) is 15.2. The molecule has 25 heavy (non-hydrogen) atoms. The molecular formula is C11H21F6N2O4S2+. The molecule has 1 N–H and O–H groups in total. The molecule has 0 heterocycles. The molecule has 0 aromatic rings. The summed E-state index contributed by atoms with van der Waals surface area (Å²) in [5.41, 5.74) is -10.7. The second-order valence-corrected chi connectivity index (χ2v) is 9.99. The Morgan fingerprint density at radius 1 is 0.760 bits per heavy atom. The number of alkyl halides is 6. The van der Waals surface area contributed by atoms with Crippen molar-refractivity contribution in [3.63, 3.8) is 0 Å². The Morgan fingerprint density at radius 2 is 1.20 bits per heavy atom. The molecule has 0 rings (SSSR count). The van der Waals surface area contributed by atoms with Crippen LogP contribution in [0.25, 0.3) is 0 Å². The highest BCUT2D eigenvalue weighted by molar-refractivity contribution is 7.90. The minimum atomic E-state index is -5.37. The van der Waals surface area contributed by atoms with Crippen molar-refractivity contribution < 1.29 is 47.1 Å². The first-order valence-electron chi connectivity index (χ1n) is 7.16. The predicted molar refractivity (Wildman–Crippen MR) is 78.0 cm³/mol. The highest BCUT2D eigenvalue weighted by atomic mass is 32.2. The average molecular weight is 423 g/mol. The van der Waals surface area contributed by atoms with Gasteiger partial charge in [-0.3, -0.25) is 0 Å². The van der Waals surface area contributed by atoms with Crippen LogP contribution < -0.4 is 4.72 Å². The lowest BCUT2D eigenvalue weighted by atomic mass is 10.1. The number of hydrogen-bond acceptors (Lipinski definition) is 4. The lowest BCUT2D eigenvalue weighted by Gasteiger charge is -2.28. The van der Waals surface area contributed by atoms with E-state index in [4.69, 9.17) is 0 Å². The normalized spacial score (nSPS) is 14.7. The summed E-state index contributed by atoms with van der Waals surface area (Å²) in [4.78, 5) is 0. The van der Waals surface area contributed by atoms with Crippen LogP contribution in [0, 0.1) is 0 Å². The summed E-state index contributed by atoms with van der Waals surface area (Å²) in [6.45, 7) is -0.686. The fraction of sp³-hybridized carbons (Fsp3) is 1.00. The number of unbranched alkanes of at least 4 members (excludes halogenated alkanes) is 4. The van der Waals surface area contributed by atoms with E-state index >= 15 is 0 Å². The molecule has 0 saturated heterocycles. The Balaban J connectivity index is 4.10. The third kappa shape index (κ3) is 6.90. The molecule has 6 nitrogen and oxygen atoms in total. The van der Waals surface area contributed by atoms with Crippen molar-refractivity contribution in [2.24, 2.45) is 0 Å². The van der Waals surface area contributed by atoms with Gasteiger partial charge in [-0.05, 0) is 19.3 Å². The van der Waals surface area contributed by atoms with Gasteiger partial charge in [0.2, 0.25) is 0 Å². The second kappa shape index (κ2) is 8.39. The molecule has 0 fully saturated rings. The zero-order valence-electron chi connectivity index (χ0n) is 13.6. The van der Waals surface area contributed by atoms with Crippen LogP contribution in [0.3, 0.4) is 0 Å². The molecule has 0 spiro atoms. The van der Waals surface area contributed by atoms with Crippen LogP contribution in [0.15, 0.2) is 0 Å². The third-order valence-corrected chi connectivity index (χ3v) is 6.68. The van der Waals surface area contributed by atoms with E-state index in [1.54, 1.807) is 0 Å². The van der Waals surface area contributed by atoms with Crippen molar-refractivity contribution in [1.82, 2.24) is 4.72 Å². The number of halogens is 6. The molecule has 0 bridgehead atoms. The molecule has 0 aliphatic heterocycles. The largest absolute Gasteiger partial charge is 0.549 e. The van der Waals surface area contributed by atoms with Crippen LogP contribution in [0.5, 0.6) is 0 Å². The van der Waals surface area contributed by atoms with E-state index in [1.165, 1.54) is 4.72 Å². The number of hydrogen-bond donors (Lipinski definition) is 1. The highest BCUT2D eigenvalue weighted by Crippen LogP contribution is 2.30. The summed E-state index contributed by atoms with van der Waals surface area (Å²) in [5.74, 6) is 0. The van der Waals surface area contributed by atoms with Crippen LogP contribution >= 0.6 is 0 Å². The van der Waals surface area contributed by atoms with E-state index in [9.17, 15) is 43.2 Å². The van der Waals surface area contributed by atoms with Gasteiger partial charge >= 0.3 is 31.1 Å². The lowest BCUT2D eigenvalue weighted by Crippen LogP contribution is -2.52. The smallest absolute Gasteiger partial charge is 0.216 e. The molecule has 0 atom stereocenters. The van der Waals surface area contributed by atoms with E-state index in [2.05, 4.69) is 0 Å². The first kappa shape index (κ1) is 24.4. The van der Waals surface area contributed by atoms with Gasteiger partial charge in [0.1, 0.15) is 0 Å². The van der Waals surface area contributed by atoms with Gasteiger partial charge in [-0.15, -0.1) is 0 Å². The van der Waals surface area contributed by atoms with E-state index < -0.39 is 41.5 Å². The van der Waals surface area contributed by atoms with Gasteiger partial charge < -0.3 is 0 Å². The van der Waals surface area contributed by atoms with Crippen molar-refractivity contribution in [3.05, 3.63) is 0 Å². The van der Waals surface area contributed by atoms with Crippen molar-refractivity contribution in [2.45, 2.75) is 43.1 Å². The highest BCUT2D eigenvalue weighted by Gasteiger charge is 2.56. The molecule has 0 radical (unpaired) electrons. The van der Waals surface area contributed by atoms with Gasteiger partial charge in [-0.2, -0.15) is 34.8 Å². The number of sulfonamides is 2. The summed E-state index contributed by atoms with van der Waals surface area (Å²) in [5, 5.41) is 0. The van der Waals surface area contributed by atoms with E-state index in [1.807, 2.05) is 0 Å². The standard InChI is InChI=1S/C11H21F6N2O4S2/c1-19(2,25(22,23)11(15,16)17)9-7-5-3-4-6-8-18-24(20,21)10(12,13)14/h18H,3-9H2,1-2H3/q+1. The number of rotatable bonds is 10. The van der Waals surface area contributed by atoms with Crippen LogP contribution in [0.2, 0.25) is 0 Å². The monoisotopic (exact) mass is 423 g/mol. The Bertz CT molecular complexity index is 626. The molecule has 0 aliphatic rings. The van der Waals surface area contributed by atoms with Gasteiger partial charge in [-0.25, -0.2) is 17.0 Å². The molecule has 152 valence electrons. The molecule has 0 saturated carbocycles. The van der Waals surface area contributed by atoms with Crippen molar-refractivity contribution in [2.75, 3.05) is 27.2 Å². The number of nitrogens with one attached hydrogen (secondary N) is 1. The van der Waals surface area contributed by atoms with Crippen LogP contribution in [-0.4, -0.2) is 58.9 Å². The fourth-order valence-corrected chi connectivity index (χ4v) is 3.34. The Hall–Kier alpha value is -0.600. The molecule has 0 unspecified atom stereocenters. The summed E-state index contributed by atoms with van der Waals surface area (Å²) in [6.07, 6.45) is 1.41. The zero-order chi connectivity index (χ0) is 20.2. The van der Waals surface area contributed by atoms with Crippen molar-refractivity contribution in [3.8, 4) is 0 Å². The number of nitrogens with zero attached hydrogens (tertiary/aromatic N) is 1. The Labute approximate surface area is 142 Å². The minimum Gasteiger partial charge on any atom is -0.216 e. The fourth-order valence-electron chi connectivity index (χ4n) is 1.84.